The van der Waals surface area contributed by atoms with Crippen LogP contribution in [0.3, 0.4) is 0 Å². The van der Waals surface area contributed by atoms with Crippen LogP contribution in [-0.2, 0) is 15.8 Å². The van der Waals surface area contributed by atoms with Crippen LogP contribution in [0.1, 0.15) is 16.0 Å². The van der Waals surface area contributed by atoms with Crippen LogP contribution in [0.25, 0.3) is 0 Å². The Labute approximate surface area is 134 Å². The molecule has 0 aliphatic carbocycles. The van der Waals surface area contributed by atoms with Gasteiger partial charge in [0.2, 0.25) is 10.0 Å². The van der Waals surface area contributed by atoms with Crippen molar-refractivity contribution < 1.29 is 8.42 Å². The van der Waals surface area contributed by atoms with E-state index in [9.17, 15) is 8.42 Å². The van der Waals surface area contributed by atoms with E-state index < -0.39 is 10.0 Å². The molecule has 0 saturated carbocycles. The molecular formula is C15H19NO2S3. The molecule has 1 aromatic carbocycles. The number of thiophene rings is 1. The van der Waals surface area contributed by atoms with E-state index in [1.54, 1.807) is 35.2 Å². The van der Waals surface area contributed by atoms with Crippen molar-refractivity contribution >= 4 is 33.1 Å². The van der Waals surface area contributed by atoms with Gasteiger partial charge in [-0.2, -0.15) is 11.8 Å². The van der Waals surface area contributed by atoms with Crippen LogP contribution in [0, 0.1) is 13.8 Å². The van der Waals surface area contributed by atoms with Gasteiger partial charge in [0.25, 0.3) is 0 Å². The van der Waals surface area contributed by atoms with Gasteiger partial charge in [0.15, 0.2) is 0 Å². The fourth-order valence-electron chi connectivity index (χ4n) is 1.78. The van der Waals surface area contributed by atoms with E-state index in [-0.39, 0.29) is 0 Å². The number of thioether (sulfide) groups is 1. The van der Waals surface area contributed by atoms with Gasteiger partial charge in [-0.1, -0.05) is 12.1 Å². The van der Waals surface area contributed by atoms with E-state index in [0.29, 0.717) is 11.4 Å². The van der Waals surface area contributed by atoms with Crippen molar-refractivity contribution in [2.75, 3.05) is 12.3 Å². The quantitative estimate of drug-likeness (QED) is 0.783. The number of hydrogen-bond acceptors (Lipinski definition) is 4. The summed E-state index contributed by atoms with van der Waals surface area (Å²) in [5.41, 5.74) is 2.09. The molecule has 0 radical (unpaired) electrons. The Hall–Kier alpha value is -0.820. The van der Waals surface area contributed by atoms with Crippen molar-refractivity contribution in [1.29, 1.82) is 0 Å². The Morgan fingerprint density at radius 3 is 2.67 bits per heavy atom. The number of benzene rings is 1. The van der Waals surface area contributed by atoms with E-state index in [4.69, 9.17) is 0 Å². The predicted octanol–water partition coefficient (Wildman–Crippen LogP) is 3.58. The minimum Gasteiger partial charge on any atom is -0.210 e. The highest BCUT2D eigenvalue weighted by Crippen LogP contribution is 2.17. The molecule has 0 bridgehead atoms. The molecule has 1 aromatic heterocycles. The standard InChI is InChI=1S/C15H19NO2S3/c1-12-5-6-15(10-13(12)2)21(17,18)16-7-9-19-11-14-4-3-8-20-14/h3-6,8,10,16H,7,9,11H2,1-2H3. The lowest BCUT2D eigenvalue weighted by molar-refractivity contribution is 0.584. The smallest absolute Gasteiger partial charge is 0.210 e. The highest BCUT2D eigenvalue weighted by molar-refractivity contribution is 7.98. The van der Waals surface area contributed by atoms with Gasteiger partial charge < -0.3 is 0 Å². The van der Waals surface area contributed by atoms with Gasteiger partial charge in [-0.15, -0.1) is 11.3 Å². The average Bonchev–Trinajstić information content (AvgIpc) is 2.94. The SMILES string of the molecule is Cc1ccc(S(=O)(=O)NCCSCc2cccs2)cc1C. The number of sulfonamides is 1. The third-order valence-corrected chi connectivity index (χ3v) is 6.68. The molecule has 21 heavy (non-hydrogen) atoms. The van der Waals surface area contributed by atoms with Gasteiger partial charge in [-0.3, -0.25) is 0 Å². The molecule has 0 atom stereocenters. The van der Waals surface area contributed by atoms with Crippen molar-refractivity contribution in [2.24, 2.45) is 0 Å². The monoisotopic (exact) mass is 341 g/mol. The van der Waals surface area contributed by atoms with Gasteiger partial charge in [0, 0.05) is 22.9 Å². The lowest BCUT2D eigenvalue weighted by Gasteiger charge is -2.08. The summed E-state index contributed by atoms with van der Waals surface area (Å²) in [5, 5.41) is 2.05. The summed E-state index contributed by atoms with van der Waals surface area (Å²) in [6.45, 7) is 4.34. The topological polar surface area (TPSA) is 46.2 Å². The third-order valence-electron chi connectivity index (χ3n) is 3.15. The Morgan fingerprint density at radius 1 is 1.19 bits per heavy atom. The van der Waals surface area contributed by atoms with E-state index in [2.05, 4.69) is 16.2 Å². The molecular weight excluding hydrogens is 322 g/mol. The summed E-state index contributed by atoms with van der Waals surface area (Å²) in [6.07, 6.45) is 0. The largest absolute Gasteiger partial charge is 0.240 e. The second-order valence-corrected chi connectivity index (χ2v) is 8.68. The summed E-state index contributed by atoms with van der Waals surface area (Å²) in [6, 6.07) is 9.34. The third kappa shape index (κ3) is 4.85. The second kappa shape index (κ2) is 7.45. The number of aryl methyl sites for hydroxylation is 2. The van der Waals surface area contributed by atoms with Crippen LogP contribution in [0.4, 0.5) is 0 Å². The Bertz CT molecular complexity index is 679. The van der Waals surface area contributed by atoms with Crippen LogP contribution >= 0.6 is 23.1 Å². The van der Waals surface area contributed by atoms with Gasteiger partial charge >= 0.3 is 0 Å². The normalized spacial score (nSPS) is 11.7. The lowest BCUT2D eigenvalue weighted by atomic mass is 10.1. The van der Waals surface area contributed by atoms with E-state index in [0.717, 1.165) is 22.6 Å². The maximum atomic E-state index is 12.2. The van der Waals surface area contributed by atoms with Gasteiger partial charge in [0.1, 0.15) is 0 Å². The molecule has 3 nitrogen and oxygen atoms in total. The molecule has 2 aromatic rings. The molecule has 114 valence electrons. The maximum Gasteiger partial charge on any atom is 0.240 e. The van der Waals surface area contributed by atoms with Crippen molar-refractivity contribution in [1.82, 2.24) is 4.72 Å². The van der Waals surface area contributed by atoms with E-state index in [1.807, 2.05) is 26.0 Å². The van der Waals surface area contributed by atoms with Crippen LogP contribution in [-0.4, -0.2) is 20.7 Å². The minimum atomic E-state index is -3.39. The van der Waals surface area contributed by atoms with Crippen molar-refractivity contribution in [3.8, 4) is 0 Å². The second-order valence-electron chi connectivity index (χ2n) is 4.78. The highest BCUT2D eigenvalue weighted by Gasteiger charge is 2.13. The summed E-state index contributed by atoms with van der Waals surface area (Å²) in [7, 11) is -3.39. The molecule has 0 aliphatic rings. The predicted molar refractivity (Wildman–Crippen MR) is 91.6 cm³/mol. The van der Waals surface area contributed by atoms with Crippen molar-refractivity contribution in [3.05, 3.63) is 51.7 Å². The highest BCUT2D eigenvalue weighted by atomic mass is 32.2. The molecule has 6 heteroatoms. The fourth-order valence-corrected chi connectivity index (χ4v) is 4.73. The summed E-state index contributed by atoms with van der Waals surface area (Å²) < 4.78 is 27.0. The zero-order valence-electron chi connectivity index (χ0n) is 12.1. The fraction of sp³-hybridized carbons (Fsp3) is 0.333. The summed E-state index contributed by atoms with van der Waals surface area (Å²) >= 11 is 3.46. The maximum absolute atomic E-state index is 12.2. The molecule has 1 heterocycles. The summed E-state index contributed by atoms with van der Waals surface area (Å²) in [5.74, 6) is 1.70. The lowest BCUT2D eigenvalue weighted by Crippen LogP contribution is -2.26. The molecule has 1 N–H and O–H groups in total. The van der Waals surface area contributed by atoms with Crippen LogP contribution in [0.15, 0.2) is 40.6 Å². The number of rotatable bonds is 7. The van der Waals surface area contributed by atoms with Crippen LogP contribution < -0.4 is 4.72 Å². The molecule has 0 fully saturated rings. The first-order chi connectivity index (χ1) is 9.99. The minimum absolute atomic E-state index is 0.342. The number of nitrogens with one attached hydrogen (secondary N) is 1. The summed E-state index contributed by atoms with van der Waals surface area (Å²) in [4.78, 5) is 1.66. The molecule has 0 amide bonds. The van der Waals surface area contributed by atoms with E-state index >= 15 is 0 Å². The van der Waals surface area contributed by atoms with Gasteiger partial charge in [-0.05, 0) is 48.6 Å². The van der Waals surface area contributed by atoms with E-state index in [1.165, 1.54) is 4.88 Å². The Balaban J connectivity index is 1.82. The zero-order chi connectivity index (χ0) is 15.3. The van der Waals surface area contributed by atoms with Gasteiger partial charge in [0.05, 0.1) is 4.90 Å². The van der Waals surface area contributed by atoms with Crippen molar-refractivity contribution in [3.63, 3.8) is 0 Å². The van der Waals surface area contributed by atoms with Gasteiger partial charge in [-0.25, -0.2) is 13.1 Å². The average molecular weight is 342 g/mol. The molecule has 0 spiro atoms. The molecule has 2 rings (SSSR count). The first kappa shape index (κ1) is 16.5. The first-order valence-corrected chi connectivity index (χ1v) is 10.2. The zero-order valence-corrected chi connectivity index (χ0v) is 14.6. The number of hydrogen-bond donors (Lipinski definition) is 1. The van der Waals surface area contributed by atoms with Crippen molar-refractivity contribution in [2.45, 2.75) is 24.5 Å². The first-order valence-electron chi connectivity index (χ1n) is 6.66. The molecule has 0 unspecified atom stereocenters. The molecule has 0 aliphatic heterocycles. The van der Waals surface area contributed by atoms with Crippen LogP contribution in [0.2, 0.25) is 0 Å². The Morgan fingerprint density at radius 2 is 2.00 bits per heavy atom. The van der Waals surface area contributed by atoms with Crippen LogP contribution in [0.5, 0.6) is 0 Å². The Kier molecular flexibility index (Phi) is 5.87. The molecule has 0 saturated heterocycles.